The number of pyridine rings is 1. The van der Waals surface area contributed by atoms with Crippen molar-refractivity contribution in [3.8, 4) is 0 Å². The maximum absolute atomic E-state index is 14.5. The minimum atomic E-state index is -4.60. The van der Waals surface area contributed by atoms with Gasteiger partial charge >= 0.3 is 6.18 Å². The van der Waals surface area contributed by atoms with Gasteiger partial charge in [0.15, 0.2) is 0 Å². The van der Waals surface area contributed by atoms with Gasteiger partial charge in [-0.3, -0.25) is 9.78 Å². The van der Waals surface area contributed by atoms with Gasteiger partial charge in [-0.25, -0.2) is 14.4 Å². The van der Waals surface area contributed by atoms with Crippen LogP contribution in [0.15, 0.2) is 48.8 Å². The van der Waals surface area contributed by atoms with Gasteiger partial charge in [-0.15, -0.1) is 11.3 Å². The van der Waals surface area contributed by atoms with Crippen molar-refractivity contribution < 1.29 is 22.4 Å². The molecule has 0 spiro atoms. The van der Waals surface area contributed by atoms with Gasteiger partial charge in [-0.05, 0) is 49.7 Å². The van der Waals surface area contributed by atoms with Gasteiger partial charge in [-0.2, -0.15) is 13.2 Å². The lowest BCUT2D eigenvalue weighted by Gasteiger charge is -2.17. The number of anilines is 2. The summed E-state index contributed by atoms with van der Waals surface area (Å²) in [7, 11) is 0. The number of amides is 1. The molecular weight excluding hydrogens is 470 g/mol. The Morgan fingerprint density at radius 1 is 1.12 bits per heavy atom. The van der Waals surface area contributed by atoms with Crippen LogP contribution in [0.3, 0.4) is 0 Å². The molecule has 176 valence electrons. The fraction of sp³-hybridized carbons (Fsp3) is 0.217. The van der Waals surface area contributed by atoms with Crippen LogP contribution in [0.2, 0.25) is 0 Å². The van der Waals surface area contributed by atoms with E-state index in [1.807, 2.05) is 6.07 Å². The van der Waals surface area contributed by atoms with Crippen molar-refractivity contribution in [3.63, 3.8) is 0 Å². The molecule has 3 heterocycles. The van der Waals surface area contributed by atoms with Crippen molar-refractivity contribution in [1.29, 1.82) is 0 Å². The summed E-state index contributed by atoms with van der Waals surface area (Å²) in [4.78, 5) is 26.6. The van der Waals surface area contributed by atoms with Gasteiger partial charge < -0.3 is 10.6 Å². The number of halogens is 4. The van der Waals surface area contributed by atoms with Gasteiger partial charge in [0.25, 0.3) is 5.91 Å². The first-order chi connectivity index (χ1) is 16.1. The van der Waals surface area contributed by atoms with E-state index in [9.17, 15) is 22.4 Å². The molecule has 6 nitrogen and oxygen atoms in total. The van der Waals surface area contributed by atoms with E-state index < -0.39 is 29.6 Å². The van der Waals surface area contributed by atoms with Gasteiger partial charge in [0, 0.05) is 22.3 Å². The molecule has 1 atom stereocenters. The number of nitrogens with one attached hydrogen (secondary N) is 2. The quantitative estimate of drug-likeness (QED) is 0.314. The van der Waals surface area contributed by atoms with Crippen LogP contribution < -0.4 is 10.6 Å². The SMILES string of the molecule is CCc1cc2ncc(N[C@@H](C)c3cc(NC(=O)c4ccc(C(F)(F)F)nc4)ccc3F)nc2s1. The zero-order chi connectivity index (χ0) is 24.5. The van der Waals surface area contributed by atoms with Crippen LogP contribution in [0.4, 0.5) is 29.1 Å². The molecule has 0 aliphatic rings. The number of fused-ring (bicyclic) bond motifs is 1. The highest BCUT2D eigenvalue weighted by Gasteiger charge is 2.32. The number of carbonyl (C=O) groups is 1. The first kappa shape index (κ1) is 23.6. The molecule has 3 aromatic heterocycles. The van der Waals surface area contributed by atoms with E-state index in [4.69, 9.17) is 0 Å². The number of hydrogen-bond acceptors (Lipinski definition) is 6. The second-order valence-electron chi connectivity index (χ2n) is 7.50. The Morgan fingerprint density at radius 3 is 2.59 bits per heavy atom. The normalized spacial score (nSPS) is 12.5. The molecule has 1 amide bonds. The van der Waals surface area contributed by atoms with Crippen molar-refractivity contribution in [2.75, 3.05) is 10.6 Å². The average molecular weight is 489 g/mol. The molecule has 2 N–H and O–H groups in total. The Morgan fingerprint density at radius 2 is 1.91 bits per heavy atom. The third kappa shape index (κ3) is 5.14. The lowest BCUT2D eigenvalue weighted by Crippen LogP contribution is -2.15. The molecule has 0 saturated carbocycles. The summed E-state index contributed by atoms with van der Waals surface area (Å²) in [6.07, 6.45) is -1.29. The predicted octanol–water partition coefficient (Wildman–Crippen LogP) is 6.23. The van der Waals surface area contributed by atoms with E-state index in [0.717, 1.165) is 40.0 Å². The fourth-order valence-electron chi connectivity index (χ4n) is 3.26. The average Bonchev–Trinajstić information content (AvgIpc) is 3.22. The van der Waals surface area contributed by atoms with Gasteiger partial charge in [0.2, 0.25) is 0 Å². The molecule has 4 rings (SSSR count). The van der Waals surface area contributed by atoms with E-state index in [1.165, 1.54) is 18.2 Å². The molecule has 4 aromatic rings. The summed E-state index contributed by atoms with van der Waals surface area (Å²) in [5, 5.41) is 5.67. The molecule has 0 radical (unpaired) electrons. The second kappa shape index (κ2) is 9.34. The first-order valence-electron chi connectivity index (χ1n) is 10.3. The van der Waals surface area contributed by atoms with E-state index in [0.29, 0.717) is 5.82 Å². The maximum atomic E-state index is 14.5. The van der Waals surface area contributed by atoms with Gasteiger partial charge in [-0.1, -0.05) is 6.92 Å². The predicted molar refractivity (Wildman–Crippen MR) is 122 cm³/mol. The highest BCUT2D eigenvalue weighted by Crippen LogP contribution is 2.29. The van der Waals surface area contributed by atoms with Crippen LogP contribution in [0.5, 0.6) is 0 Å². The van der Waals surface area contributed by atoms with Crippen LogP contribution >= 0.6 is 11.3 Å². The summed E-state index contributed by atoms with van der Waals surface area (Å²) in [6, 6.07) is 7.25. The van der Waals surface area contributed by atoms with E-state index >= 15 is 0 Å². The number of alkyl halides is 3. The van der Waals surface area contributed by atoms with Crippen molar-refractivity contribution in [1.82, 2.24) is 15.0 Å². The van der Waals surface area contributed by atoms with E-state index in [1.54, 1.807) is 24.5 Å². The number of hydrogen-bond donors (Lipinski definition) is 2. The molecule has 1 aromatic carbocycles. The van der Waals surface area contributed by atoms with Crippen molar-refractivity contribution >= 4 is 39.1 Å². The molecule has 0 fully saturated rings. The Labute approximate surface area is 196 Å². The number of nitrogens with zero attached hydrogens (tertiary/aromatic N) is 3. The van der Waals surface area contributed by atoms with Crippen molar-refractivity contribution in [2.45, 2.75) is 32.5 Å². The highest BCUT2D eigenvalue weighted by molar-refractivity contribution is 7.18. The first-order valence-corrected chi connectivity index (χ1v) is 11.1. The Hall–Kier alpha value is -3.60. The fourth-order valence-corrected chi connectivity index (χ4v) is 4.18. The number of carbonyl (C=O) groups excluding carboxylic acids is 1. The van der Waals surface area contributed by atoms with E-state index in [-0.39, 0.29) is 16.8 Å². The highest BCUT2D eigenvalue weighted by atomic mass is 32.1. The molecular formula is C23H19F4N5OS. The van der Waals surface area contributed by atoms with Crippen molar-refractivity contribution in [2.24, 2.45) is 0 Å². The molecule has 0 bridgehead atoms. The number of aromatic nitrogens is 3. The van der Waals surface area contributed by atoms with E-state index in [2.05, 4.69) is 32.5 Å². The number of thiophene rings is 1. The zero-order valence-corrected chi connectivity index (χ0v) is 18.9. The van der Waals surface area contributed by atoms with Crippen LogP contribution in [0.25, 0.3) is 10.3 Å². The minimum Gasteiger partial charge on any atom is -0.362 e. The van der Waals surface area contributed by atoms with Crippen molar-refractivity contribution in [3.05, 3.63) is 76.3 Å². The van der Waals surface area contributed by atoms with Gasteiger partial charge in [0.05, 0.1) is 17.8 Å². The summed E-state index contributed by atoms with van der Waals surface area (Å²) < 4.78 is 52.5. The number of aryl methyl sites for hydroxylation is 1. The zero-order valence-electron chi connectivity index (χ0n) is 18.1. The second-order valence-corrected chi connectivity index (χ2v) is 8.61. The molecule has 0 unspecified atom stereocenters. The molecule has 0 saturated heterocycles. The molecule has 0 aliphatic heterocycles. The lowest BCUT2D eigenvalue weighted by molar-refractivity contribution is -0.141. The van der Waals surface area contributed by atoms with Crippen LogP contribution in [0.1, 0.15) is 46.4 Å². The summed E-state index contributed by atoms with van der Waals surface area (Å²) in [5.74, 6) is -0.679. The Bertz CT molecular complexity index is 1340. The standard InChI is InChI=1S/C23H19F4N5OS/c1-3-15-9-18-22(34-15)32-20(11-28-18)30-12(2)16-8-14(5-6-17(16)24)31-21(33)13-4-7-19(29-10-13)23(25,26)27/h4-12H,3H2,1-2H3,(H,30,32)(H,31,33)/t12-/m0/s1. The summed E-state index contributed by atoms with van der Waals surface area (Å²) >= 11 is 1.54. The molecule has 11 heteroatoms. The lowest BCUT2D eigenvalue weighted by atomic mass is 10.1. The monoisotopic (exact) mass is 489 g/mol. The van der Waals surface area contributed by atoms with Gasteiger partial charge in [0.1, 0.15) is 27.7 Å². The van der Waals surface area contributed by atoms with Crippen LogP contribution in [-0.4, -0.2) is 20.9 Å². The maximum Gasteiger partial charge on any atom is 0.433 e. The summed E-state index contributed by atoms with van der Waals surface area (Å²) in [6.45, 7) is 3.79. The number of benzene rings is 1. The molecule has 0 aliphatic carbocycles. The van der Waals surface area contributed by atoms with Crippen LogP contribution in [-0.2, 0) is 12.6 Å². The topological polar surface area (TPSA) is 79.8 Å². The Balaban J connectivity index is 1.49. The number of rotatable bonds is 6. The smallest absolute Gasteiger partial charge is 0.362 e. The minimum absolute atomic E-state index is 0.0592. The largest absolute Gasteiger partial charge is 0.433 e. The van der Waals surface area contributed by atoms with Crippen LogP contribution in [0, 0.1) is 5.82 Å². The summed E-state index contributed by atoms with van der Waals surface area (Å²) in [5.41, 5.74) is 0.195. The third-order valence-electron chi connectivity index (χ3n) is 5.04. The third-order valence-corrected chi connectivity index (χ3v) is 6.20. The molecule has 34 heavy (non-hydrogen) atoms. The Kier molecular flexibility index (Phi) is 6.47.